The van der Waals surface area contributed by atoms with Crippen LogP contribution in [0.3, 0.4) is 0 Å². The Bertz CT molecular complexity index is 444. The summed E-state index contributed by atoms with van der Waals surface area (Å²) in [7, 11) is 0. The summed E-state index contributed by atoms with van der Waals surface area (Å²) in [6, 6.07) is 3.97. The summed E-state index contributed by atoms with van der Waals surface area (Å²) in [5.41, 5.74) is -0.0632. The fourth-order valence-electron chi connectivity index (χ4n) is 2.31. The third-order valence-electron chi connectivity index (χ3n) is 3.49. The van der Waals surface area contributed by atoms with Crippen LogP contribution in [0.4, 0.5) is 0 Å². The quantitative estimate of drug-likeness (QED) is 0.873. The average Bonchev–Trinajstić information content (AvgIpc) is 3.06. The number of thiophene rings is 1. The van der Waals surface area contributed by atoms with Gasteiger partial charge in [-0.2, -0.15) is 16.6 Å². The van der Waals surface area contributed by atoms with Gasteiger partial charge in [-0.1, -0.05) is 12.8 Å². The molecule has 5 heteroatoms. The zero-order valence-corrected chi connectivity index (χ0v) is 10.9. The van der Waals surface area contributed by atoms with Crippen LogP contribution in [0.25, 0.3) is 0 Å². The molecule has 1 aliphatic rings. The van der Waals surface area contributed by atoms with E-state index in [1.54, 1.807) is 0 Å². The monoisotopic (exact) mass is 264 g/mol. The van der Waals surface area contributed by atoms with Crippen molar-refractivity contribution in [3.8, 4) is 6.07 Å². The Kier molecular flexibility index (Phi) is 4.00. The predicted molar refractivity (Wildman–Crippen MR) is 68.8 cm³/mol. The molecule has 2 rings (SSSR count). The molecule has 0 unspecified atom stereocenters. The van der Waals surface area contributed by atoms with Crippen molar-refractivity contribution >= 4 is 17.2 Å². The Balaban J connectivity index is 1.90. The lowest BCUT2D eigenvalue weighted by Crippen LogP contribution is -2.40. The van der Waals surface area contributed by atoms with Gasteiger partial charge in [-0.3, -0.25) is 4.79 Å². The Labute approximate surface area is 110 Å². The van der Waals surface area contributed by atoms with Gasteiger partial charge in [-0.05, 0) is 35.2 Å². The minimum atomic E-state index is -0.867. The summed E-state index contributed by atoms with van der Waals surface area (Å²) < 4.78 is 0. The largest absolute Gasteiger partial charge is 0.387 e. The smallest absolute Gasteiger partial charge is 0.240 e. The van der Waals surface area contributed by atoms with Crippen molar-refractivity contribution in [3.63, 3.8) is 0 Å². The summed E-state index contributed by atoms with van der Waals surface area (Å²) in [5.74, 6) is -0.239. The molecule has 1 aromatic heterocycles. The maximum atomic E-state index is 12.0. The van der Waals surface area contributed by atoms with Gasteiger partial charge in [-0.25, -0.2) is 0 Å². The van der Waals surface area contributed by atoms with E-state index in [0.717, 1.165) is 18.4 Å². The normalized spacial score (nSPS) is 19.1. The number of rotatable bonds is 4. The molecule has 4 nitrogen and oxygen atoms in total. The summed E-state index contributed by atoms with van der Waals surface area (Å²) in [6.45, 7) is 0.166. The van der Waals surface area contributed by atoms with Gasteiger partial charge >= 0.3 is 0 Å². The second-order valence-corrected chi connectivity index (χ2v) is 5.46. The molecular weight excluding hydrogens is 248 g/mol. The first-order valence-electron chi connectivity index (χ1n) is 6.08. The lowest BCUT2D eigenvalue weighted by molar-refractivity contribution is -0.128. The molecular formula is C13H16N2O2S. The van der Waals surface area contributed by atoms with Gasteiger partial charge in [0.1, 0.15) is 5.41 Å². The zero-order chi connectivity index (χ0) is 13.0. The van der Waals surface area contributed by atoms with Crippen molar-refractivity contribution in [2.75, 3.05) is 6.54 Å². The molecule has 1 saturated carbocycles. The number of hydrogen-bond acceptors (Lipinski definition) is 4. The molecule has 1 aliphatic carbocycles. The Morgan fingerprint density at radius 1 is 1.61 bits per heavy atom. The Morgan fingerprint density at radius 3 is 2.89 bits per heavy atom. The van der Waals surface area contributed by atoms with Gasteiger partial charge in [0.15, 0.2) is 0 Å². The number of nitrogens with one attached hydrogen (secondary N) is 1. The van der Waals surface area contributed by atoms with Crippen LogP contribution in [0.2, 0.25) is 0 Å². The van der Waals surface area contributed by atoms with Crippen molar-refractivity contribution in [3.05, 3.63) is 22.4 Å². The molecule has 1 fully saturated rings. The van der Waals surface area contributed by atoms with E-state index in [0.29, 0.717) is 12.8 Å². The standard InChI is InChI=1S/C13H16N2O2S/c14-9-13(4-1-2-5-13)12(17)15-7-11(16)10-3-6-18-8-10/h3,6,8,11,16H,1-2,4-5,7H2,(H,15,17)/t11-/m1/s1. The average molecular weight is 264 g/mol. The maximum absolute atomic E-state index is 12.0. The first kappa shape index (κ1) is 13.1. The van der Waals surface area contributed by atoms with Crippen LogP contribution in [0, 0.1) is 16.7 Å². The lowest BCUT2D eigenvalue weighted by Gasteiger charge is -2.20. The number of carbonyl (C=O) groups is 1. The van der Waals surface area contributed by atoms with Gasteiger partial charge in [0.05, 0.1) is 12.2 Å². The SMILES string of the molecule is N#CC1(C(=O)NC[C@@H](O)c2ccsc2)CCCC1. The van der Waals surface area contributed by atoms with Gasteiger partial charge < -0.3 is 10.4 Å². The highest BCUT2D eigenvalue weighted by Crippen LogP contribution is 2.37. The zero-order valence-electron chi connectivity index (χ0n) is 10.1. The number of amides is 1. The van der Waals surface area contributed by atoms with E-state index in [1.165, 1.54) is 11.3 Å². The first-order valence-corrected chi connectivity index (χ1v) is 7.02. The molecule has 1 heterocycles. The third kappa shape index (κ3) is 2.55. The summed E-state index contributed by atoms with van der Waals surface area (Å²) in [6.07, 6.45) is 2.41. The molecule has 0 radical (unpaired) electrons. The summed E-state index contributed by atoms with van der Waals surface area (Å²) in [4.78, 5) is 12.0. The van der Waals surface area contributed by atoms with Crippen LogP contribution in [0.15, 0.2) is 16.8 Å². The first-order chi connectivity index (χ1) is 8.68. The molecule has 1 atom stereocenters. The van der Waals surface area contributed by atoms with Crippen LogP contribution in [0.5, 0.6) is 0 Å². The molecule has 1 amide bonds. The molecule has 0 aromatic carbocycles. The molecule has 96 valence electrons. The summed E-state index contributed by atoms with van der Waals surface area (Å²) >= 11 is 1.51. The van der Waals surface area contributed by atoms with Crippen LogP contribution >= 0.6 is 11.3 Å². The number of aliphatic hydroxyl groups is 1. The molecule has 0 saturated heterocycles. The van der Waals surface area contributed by atoms with Gasteiger partial charge in [0.2, 0.25) is 5.91 Å². The second-order valence-electron chi connectivity index (χ2n) is 4.68. The number of nitrogens with zero attached hydrogens (tertiary/aromatic N) is 1. The molecule has 0 aliphatic heterocycles. The predicted octanol–water partition coefficient (Wildman–Crippen LogP) is 1.98. The second kappa shape index (κ2) is 5.51. The van der Waals surface area contributed by atoms with Gasteiger partial charge in [0, 0.05) is 6.54 Å². The highest BCUT2D eigenvalue weighted by molar-refractivity contribution is 7.07. The van der Waals surface area contributed by atoms with Crippen molar-refractivity contribution in [2.24, 2.45) is 5.41 Å². The fourth-order valence-corrected chi connectivity index (χ4v) is 3.02. The van der Waals surface area contributed by atoms with Crippen LogP contribution in [0.1, 0.15) is 37.4 Å². The van der Waals surface area contributed by atoms with Crippen LogP contribution in [-0.2, 0) is 4.79 Å². The fraction of sp³-hybridized carbons (Fsp3) is 0.538. The molecule has 2 N–H and O–H groups in total. The number of carbonyl (C=O) groups excluding carboxylic acids is 1. The van der Waals surface area contributed by atoms with E-state index < -0.39 is 11.5 Å². The van der Waals surface area contributed by atoms with Crippen molar-refractivity contribution in [1.82, 2.24) is 5.32 Å². The van der Waals surface area contributed by atoms with E-state index in [-0.39, 0.29) is 12.5 Å². The highest BCUT2D eigenvalue weighted by atomic mass is 32.1. The van der Waals surface area contributed by atoms with E-state index in [9.17, 15) is 9.90 Å². The van der Waals surface area contributed by atoms with Gasteiger partial charge in [-0.15, -0.1) is 0 Å². The third-order valence-corrected chi connectivity index (χ3v) is 4.19. The van der Waals surface area contributed by atoms with E-state index >= 15 is 0 Å². The number of aliphatic hydroxyl groups excluding tert-OH is 1. The lowest BCUT2D eigenvalue weighted by atomic mass is 9.87. The van der Waals surface area contributed by atoms with Crippen LogP contribution in [-0.4, -0.2) is 17.6 Å². The van der Waals surface area contributed by atoms with Crippen molar-refractivity contribution in [2.45, 2.75) is 31.8 Å². The number of nitriles is 1. The minimum Gasteiger partial charge on any atom is -0.387 e. The van der Waals surface area contributed by atoms with E-state index in [2.05, 4.69) is 11.4 Å². The van der Waals surface area contributed by atoms with Crippen molar-refractivity contribution in [1.29, 1.82) is 5.26 Å². The molecule has 0 spiro atoms. The Morgan fingerprint density at radius 2 is 2.33 bits per heavy atom. The number of hydrogen-bond donors (Lipinski definition) is 2. The van der Waals surface area contributed by atoms with E-state index in [1.807, 2.05) is 16.8 Å². The minimum absolute atomic E-state index is 0.166. The van der Waals surface area contributed by atoms with E-state index in [4.69, 9.17) is 5.26 Å². The summed E-state index contributed by atoms with van der Waals surface area (Å²) in [5, 5.41) is 25.5. The molecule has 0 bridgehead atoms. The maximum Gasteiger partial charge on any atom is 0.240 e. The van der Waals surface area contributed by atoms with Gasteiger partial charge in [0.25, 0.3) is 0 Å². The topological polar surface area (TPSA) is 73.1 Å². The molecule has 1 aromatic rings. The molecule has 18 heavy (non-hydrogen) atoms. The highest BCUT2D eigenvalue weighted by Gasteiger charge is 2.41. The van der Waals surface area contributed by atoms with Crippen molar-refractivity contribution < 1.29 is 9.90 Å². The Hall–Kier alpha value is -1.38. The van der Waals surface area contributed by atoms with Crippen LogP contribution < -0.4 is 5.32 Å².